The number of anilines is 1. The van der Waals surface area contributed by atoms with Gasteiger partial charge in [-0.3, -0.25) is 4.79 Å². The Hall–Kier alpha value is -3.15. The van der Waals surface area contributed by atoms with Crippen LogP contribution < -0.4 is 9.64 Å². The Labute approximate surface area is 150 Å². The highest BCUT2D eigenvalue weighted by Gasteiger charge is 2.32. The number of H-pyrrole nitrogens is 1. The normalized spacial score (nSPS) is 16.9. The number of ether oxygens (including phenoxy) is 1. The minimum absolute atomic E-state index is 0.0893. The molecule has 1 fully saturated rings. The quantitative estimate of drug-likeness (QED) is 0.763. The molecule has 132 valence electrons. The molecule has 2 aromatic carbocycles. The molecule has 1 atom stereocenters. The van der Waals surface area contributed by atoms with E-state index >= 15 is 0 Å². The van der Waals surface area contributed by atoms with Crippen molar-refractivity contribution in [1.82, 2.24) is 9.97 Å². The summed E-state index contributed by atoms with van der Waals surface area (Å²) >= 11 is 0. The molecular formula is C20H18FN3O2. The fraction of sp³-hybridized carbons (Fsp3) is 0.200. The van der Waals surface area contributed by atoms with Crippen molar-refractivity contribution in [3.8, 4) is 5.75 Å². The summed E-state index contributed by atoms with van der Waals surface area (Å²) in [6.07, 6.45) is 3.93. The number of benzene rings is 2. The smallest absolute Gasteiger partial charge is 0.227 e. The van der Waals surface area contributed by atoms with Gasteiger partial charge in [0.15, 0.2) is 0 Å². The van der Waals surface area contributed by atoms with E-state index in [4.69, 9.17) is 4.74 Å². The van der Waals surface area contributed by atoms with Crippen LogP contribution in [0.2, 0.25) is 0 Å². The van der Waals surface area contributed by atoms with Gasteiger partial charge in [0.05, 0.1) is 12.0 Å². The highest BCUT2D eigenvalue weighted by atomic mass is 19.1. The Morgan fingerprint density at radius 3 is 2.81 bits per heavy atom. The fourth-order valence-corrected chi connectivity index (χ4v) is 3.17. The number of carbonyl (C=O) groups is 1. The average Bonchev–Trinajstić information content (AvgIpc) is 3.30. The van der Waals surface area contributed by atoms with Crippen LogP contribution in [0.15, 0.2) is 61.1 Å². The van der Waals surface area contributed by atoms with Crippen molar-refractivity contribution in [2.45, 2.75) is 18.9 Å². The largest absolute Gasteiger partial charge is 0.489 e. The Morgan fingerprint density at radius 1 is 1.23 bits per heavy atom. The lowest BCUT2D eigenvalue weighted by atomic mass is 10.1. The van der Waals surface area contributed by atoms with Gasteiger partial charge in [0, 0.05) is 30.8 Å². The monoisotopic (exact) mass is 351 g/mol. The molecule has 1 amide bonds. The summed E-state index contributed by atoms with van der Waals surface area (Å²) in [5.41, 5.74) is 2.52. The lowest BCUT2D eigenvalue weighted by Gasteiger charge is -2.17. The maximum absolute atomic E-state index is 13.2. The summed E-state index contributed by atoms with van der Waals surface area (Å²) in [6.45, 7) is 0.911. The predicted molar refractivity (Wildman–Crippen MR) is 95.5 cm³/mol. The minimum atomic E-state index is -0.277. The number of amides is 1. The highest BCUT2D eigenvalue weighted by molar-refractivity contribution is 5.96. The number of imidazole rings is 1. The molecule has 1 aliphatic rings. The van der Waals surface area contributed by atoms with Gasteiger partial charge < -0.3 is 14.6 Å². The topological polar surface area (TPSA) is 58.2 Å². The van der Waals surface area contributed by atoms with Crippen molar-refractivity contribution in [3.63, 3.8) is 0 Å². The number of nitrogens with one attached hydrogen (secondary N) is 1. The minimum Gasteiger partial charge on any atom is -0.489 e. The zero-order chi connectivity index (χ0) is 17.9. The van der Waals surface area contributed by atoms with Crippen molar-refractivity contribution in [2.24, 2.45) is 0 Å². The van der Waals surface area contributed by atoms with Crippen molar-refractivity contribution in [1.29, 1.82) is 0 Å². The van der Waals surface area contributed by atoms with Crippen LogP contribution in [0.4, 0.5) is 10.1 Å². The number of hydrogen-bond acceptors (Lipinski definition) is 3. The van der Waals surface area contributed by atoms with Crippen LogP contribution in [-0.4, -0.2) is 22.4 Å². The van der Waals surface area contributed by atoms with E-state index in [2.05, 4.69) is 9.97 Å². The van der Waals surface area contributed by atoms with Crippen LogP contribution in [0.3, 0.4) is 0 Å². The molecular weight excluding hydrogens is 333 g/mol. The van der Waals surface area contributed by atoms with Crippen molar-refractivity contribution in [2.75, 3.05) is 11.4 Å². The van der Waals surface area contributed by atoms with E-state index in [1.165, 1.54) is 12.1 Å². The number of halogens is 1. The number of aromatic amines is 1. The Kier molecular flexibility index (Phi) is 4.39. The van der Waals surface area contributed by atoms with E-state index in [-0.39, 0.29) is 17.6 Å². The third-order valence-corrected chi connectivity index (χ3v) is 4.51. The standard InChI is InChI=1S/C20H18FN3O2/c21-16-3-1-2-14(8-16)12-26-18-6-4-17(5-7-18)24-11-15(9-20(24)25)19-10-22-13-23-19/h1-8,10,13,15H,9,11-12H2,(H,22,23)/t15-/m1/s1. The van der Waals surface area contributed by atoms with E-state index in [1.807, 2.05) is 36.5 Å². The molecule has 1 aromatic heterocycles. The molecule has 1 saturated heterocycles. The van der Waals surface area contributed by atoms with E-state index < -0.39 is 0 Å². The number of hydrogen-bond donors (Lipinski definition) is 1. The second-order valence-electron chi connectivity index (χ2n) is 6.31. The van der Waals surface area contributed by atoms with Crippen LogP contribution in [-0.2, 0) is 11.4 Å². The summed E-state index contributed by atoms with van der Waals surface area (Å²) in [5, 5.41) is 0. The molecule has 0 bridgehead atoms. The van der Waals surface area contributed by atoms with E-state index in [0.29, 0.717) is 25.3 Å². The molecule has 1 aliphatic heterocycles. The average molecular weight is 351 g/mol. The summed E-state index contributed by atoms with van der Waals surface area (Å²) in [4.78, 5) is 21.3. The molecule has 0 unspecified atom stereocenters. The fourth-order valence-electron chi connectivity index (χ4n) is 3.17. The summed E-state index contributed by atoms with van der Waals surface area (Å²) in [7, 11) is 0. The van der Waals surface area contributed by atoms with Crippen LogP contribution in [0.1, 0.15) is 23.6 Å². The lowest BCUT2D eigenvalue weighted by Crippen LogP contribution is -2.24. The number of aromatic nitrogens is 2. The third-order valence-electron chi connectivity index (χ3n) is 4.51. The zero-order valence-electron chi connectivity index (χ0n) is 14.1. The second-order valence-corrected chi connectivity index (χ2v) is 6.31. The number of carbonyl (C=O) groups excluding carboxylic acids is 1. The van der Waals surface area contributed by atoms with Gasteiger partial charge in [-0.25, -0.2) is 9.37 Å². The maximum Gasteiger partial charge on any atom is 0.227 e. The van der Waals surface area contributed by atoms with Gasteiger partial charge in [0.25, 0.3) is 0 Å². The Morgan fingerprint density at radius 2 is 2.08 bits per heavy atom. The van der Waals surface area contributed by atoms with Gasteiger partial charge in [-0.15, -0.1) is 0 Å². The molecule has 6 heteroatoms. The third kappa shape index (κ3) is 3.44. The molecule has 2 heterocycles. The van der Waals surface area contributed by atoms with Gasteiger partial charge in [-0.1, -0.05) is 12.1 Å². The van der Waals surface area contributed by atoms with Crippen LogP contribution in [0.5, 0.6) is 5.75 Å². The van der Waals surface area contributed by atoms with E-state index in [1.54, 1.807) is 17.3 Å². The molecule has 26 heavy (non-hydrogen) atoms. The SMILES string of the molecule is O=C1C[C@@H](c2c[nH]cn2)CN1c1ccc(OCc2cccc(F)c2)cc1. The molecule has 0 saturated carbocycles. The molecule has 0 spiro atoms. The van der Waals surface area contributed by atoms with Gasteiger partial charge >= 0.3 is 0 Å². The van der Waals surface area contributed by atoms with Gasteiger partial charge in [-0.2, -0.15) is 0 Å². The molecule has 0 aliphatic carbocycles. The van der Waals surface area contributed by atoms with Gasteiger partial charge in [-0.05, 0) is 42.0 Å². The summed E-state index contributed by atoms with van der Waals surface area (Å²) in [6, 6.07) is 13.7. The zero-order valence-corrected chi connectivity index (χ0v) is 14.1. The second kappa shape index (κ2) is 7.00. The first-order valence-corrected chi connectivity index (χ1v) is 8.45. The lowest BCUT2D eigenvalue weighted by molar-refractivity contribution is -0.117. The van der Waals surface area contributed by atoms with Crippen molar-refractivity contribution < 1.29 is 13.9 Å². The van der Waals surface area contributed by atoms with Gasteiger partial charge in [0.1, 0.15) is 18.2 Å². The molecule has 1 N–H and O–H groups in total. The van der Waals surface area contributed by atoms with Crippen molar-refractivity contribution in [3.05, 3.63) is 78.1 Å². The summed E-state index contributed by atoms with van der Waals surface area (Å²) < 4.78 is 18.9. The number of nitrogens with zero attached hydrogens (tertiary/aromatic N) is 2. The molecule has 4 rings (SSSR count). The van der Waals surface area contributed by atoms with E-state index in [9.17, 15) is 9.18 Å². The highest BCUT2D eigenvalue weighted by Crippen LogP contribution is 2.31. The first kappa shape index (κ1) is 16.3. The van der Waals surface area contributed by atoms with E-state index in [0.717, 1.165) is 16.9 Å². The van der Waals surface area contributed by atoms with Crippen LogP contribution in [0.25, 0.3) is 0 Å². The van der Waals surface area contributed by atoms with Crippen LogP contribution in [0, 0.1) is 5.82 Å². The van der Waals surface area contributed by atoms with Crippen LogP contribution >= 0.6 is 0 Å². The Bertz CT molecular complexity index is 894. The Balaban J connectivity index is 1.40. The number of rotatable bonds is 5. The predicted octanol–water partition coefficient (Wildman–Crippen LogP) is 3.65. The molecule has 5 nitrogen and oxygen atoms in total. The first-order chi connectivity index (χ1) is 12.7. The molecule has 3 aromatic rings. The maximum atomic E-state index is 13.2. The summed E-state index contributed by atoms with van der Waals surface area (Å²) in [5.74, 6) is 0.595. The van der Waals surface area contributed by atoms with Crippen molar-refractivity contribution >= 4 is 11.6 Å². The first-order valence-electron chi connectivity index (χ1n) is 8.45. The van der Waals surface area contributed by atoms with Gasteiger partial charge in [0.2, 0.25) is 5.91 Å². The molecule has 0 radical (unpaired) electrons.